The molecule has 0 aliphatic rings. The normalized spacial score (nSPS) is 16.1. The van der Waals surface area contributed by atoms with Crippen LogP contribution in [0.5, 0.6) is 0 Å². The van der Waals surface area contributed by atoms with E-state index in [1.807, 2.05) is 14.0 Å². The van der Waals surface area contributed by atoms with Gasteiger partial charge in [-0.2, -0.15) is 5.10 Å². The number of aryl methyl sites for hydroxylation is 1. The van der Waals surface area contributed by atoms with Crippen molar-refractivity contribution in [2.45, 2.75) is 25.9 Å². The van der Waals surface area contributed by atoms with E-state index in [1.165, 1.54) is 0 Å². The third-order valence-corrected chi connectivity index (χ3v) is 2.38. The zero-order valence-electron chi connectivity index (χ0n) is 7.45. The molecule has 3 nitrogen and oxygen atoms in total. The summed E-state index contributed by atoms with van der Waals surface area (Å²) in [6.45, 7) is 3.67. The van der Waals surface area contributed by atoms with Crippen molar-refractivity contribution in [3.05, 3.63) is 16.9 Å². The van der Waals surface area contributed by atoms with Gasteiger partial charge in [-0.15, -0.1) is 0 Å². The van der Waals surface area contributed by atoms with E-state index in [4.69, 9.17) is 11.6 Å². The molecule has 12 heavy (non-hydrogen) atoms. The fraction of sp³-hybridized carbons (Fsp3) is 0.625. The highest BCUT2D eigenvalue weighted by molar-refractivity contribution is 6.31. The van der Waals surface area contributed by atoms with Gasteiger partial charge in [0.1, 0.15) is 0 Å². The van der Waals surface area contributed by atoms with E-state index >= 15 is 0 Å². The lowest BCUT2D eigenvalue weighted by Crippen LogP contribution is -2.15. The number of halogens is 1. The highest BCUT2D eigenvalue weighted by Gasteiger charge is 2.18. The van der Waals surface area contributed by atoms with Gasteiger partial charge in [-0.1, -0.05) is 18.5 Å². The maximum absolute atomic E-state index is 9.34. The first kappa shape index (κ1) is 9.55. The summed E-state index contributed by atoms with van der Waals surface area (Å²) in [4.78, 5) is 0. The van der Waals surface area contributed by atoms with E-state index in [2.05, 4.69) is 5.10 Å². The number of hydrogen-bond acceptors (Lipinski definition) is 2. The number of rotatable bonds is 2. The van der Waals surface area contributed by atoms with E-state index in [1.54, 1.807) is 17.8 Å². The second-order valence-corrected chi connectivity index (χ2v) is 3.44. The van der Waals surface area contributed by atoms with Crippen LogP contribution in [0.25, 0.3) is 0 Å². The van der Waals surface area contributed by atoms with Crippen molar-refractivity contribution < 1.29 is 5.11 Å². The molecule has 1 rings (SSSR count). The molecule has 1 heterocycles. The number of aromatic nitrogens is 2. The summed E-state index contributed by atoms with van der Waals surface area (Å²) in [6.07, 6.45) is 1.19. The van der Waals surface area contributed by atoms with Crippen LogP contribution in [0.15, 0.2) is 6.20 Å². The van der Waals surface area contributed by atoms with Crippen molar-refractivity contribution in [1.82, 2.24) is 9.78 Å². The topological polar surface area (TPSA) is 38.1 Å². The van der Waals surface area contributed by atoms with Gasteiger partial charge < -0.3 is 5.11 Å². The lowest BCUT2D eigenvalue weighted by Gasteiger charge is -2.15. The second kappa shape index (κ2) is 3.46. The third kappa shape index (κ3) is 1.62. The molecule has 0 bridgehead atoms. The third-order valence-electron chi connectivity index (χ3n) is 2.09. The first-order valence-corrected chi connectivity index (χ1v) is 4.27. The van der Waals surface area contributed by atoms with Crippen molar-refractivity contribution in [2.75, 3.05) is 0 Å². The molecule has 0 amide bonds. The molecule has 1 aromatic rings. The van der Waals surface area contributed by atoms with Gasteiger partial charge in [-0.05, 0) is 6.92 Å². The quantitative estimate of drug-likeness (QED) is 0.765. The molecule has 0 fully saturated rings. The average Bonchev–Trinajstić information content (AvgIpc) is 2.30. The molecule has 0 aromatic carbocycles. The Kier molecular flexibility index (Phi) is 2.75. The average molecular weight is 189 g/mol. The molecule has 1 aromatic heterocycles. The van der Waals surface area contributed by atoms with Gasteiger partial charge in [-0.25, -0.2) is 0 Å². The molecule has 4 heteroatoms. The fourth-order valence-electron chi connectivity index (χ4n) is 1.16. The Morgan fingerprint density at radius 1 is 1.58 bits per heavy atom. The summed E-state index contributed by atoms with van der Waals surface area (Å²) in [7, 11) is 1.82. The number of hydrogen-bond donors (Lipinski definition) is 1. The first-order chi connectivity index (χ1) is 5.54. The molecule has 1 N–H and O–H groups in total. The van der Waals surface area contributed by atoms with Crippen LogP contribution in [-0.4, -0.2) is 21.0 Å². The van der Waals surface area contributed by atoms with Crippen molar-refractivity contribution in [3.8, 4) is 0 Å². The predicted molar refractivity (Wildman–Crippen MR) is 48.3 cm³/mol. The van der Waals surface area contributed by atoms with Crippen LogP contribution in [0.2, 0.25) is 5.02 Å². The van der Waals surface area contributed by atoms with Crippen LogP contribution >= 0.6 is 11.6 Å². The number of aliphatic hydroxyl groups is 1. The summed E-state index contributed by atoms with van der Waals surface area (Å²) < 4.78 is 1.69. The highest BCUT2D eigenvalue weighted by atomic mass is 35.5. The zero-order chi connectivity index (χ0) is 9.30. The Balaban J connectivity index is 3.00. The highest BCUT2D eigenvalue weighted by Crippen LogP contribution is 2.25. The summed E-state index contributed by atoms with van der Waals surface area (Å²) in [5.41, 5.74) is 0.881. The molecule has 0 saturated carbocycles. The van der Waals surface area contributed by atoms with E-state index in [-0.39, 0.29) is 5.92 Å². The smallest absolute Gasteiger partial charge is 0.0821 e. The fourth-order valence-corrected chi connectivity index (χ4v) is 1.50. The Bertz CT molecular complexity index is 251. The minimum atomic E-state index is -0.405. The zero-order valence-corrected chi connectivity index (χ0v) is 8.21. The van der Waals surface area contributed by atoms with Crippen LogP contribution < -0.4 is 0 Å². The molecular formula is C8H13ClN2O. The van der Waals surface area contributed by atoms with Gasteiger partial charge in [0, 0.05) is 13.0 Å². The van der Waals surface area contributed by atoms with Crippen molar-refractivity contribution in [2.24, 2.45) is 7.05 Å². The minimum absolute atomic E-state index is 0.0185. The molecule has 0 spiro atoms. The summed E-state index contributed by atoms with van der Waals surface area (Å²) in [5, 5.41) is 14.0. The van der Waals surface area contributed by atoms with Gasteiger partial charge in [0.25, 0.3) is 0 Å². The number of nitrogens with zero attached hydrogens (tertiary/aromatic N) is 2. The van der Waals surface area contributed by atoms with Gasteiger partial charge in [0.05, 0.1) is 23.0 Å². The molecule has 0 aliphatic heterocycles. The van der Waals surface area contributed by atoms with E-state index in [0.717, 1.165) is 5.69 Å². The van der Waals surface area contributed by atoms with Crippen molar-refractivity contribution in [1.29, 1.82) is 0 Å². The monoisotopic (exact) mass is 188 g/mol. The standard InChI is InChI=1S/C8H13ClN2O/c1-5(6(2)12)8-7(9)4-10-11(8)3/h4-6,12H,1-3H3. The largest absolute Gasteiger partial charge is 0.393 e. The van der Waals surface area contributed by atoms with E-state index in [9.17, 15) is 5.11 Å². The lowest BCUT2D eigenvalue weighted by molar-refractivity contribution is 0.165. The molecule has 2 atom stereocenters. The summed E-state index contributed by atoms with van der Waals surface area (Å²) in [6, 6.07) is 0. The summed E-state index contributed by atoms with van der Waals surface area (Å²) >= 11 is 5.89. The molecule has 68 valence electrons. The van der Waals surface area contributed by atoms with E-state index < -0.39 is 6.10 Å². The van der Waals surface area contributed by atoms with Gasteiger partial charge in [-0.3, -0.25) is 4.68 Å². The maximum Gasteiger partial charge on any atom is 0.0821 e. The van der Waals surface area contributed by atoms with Crippen LogP contribution in [0.3, 0.4) is 0 Å². The Labute approximate surface area is 77.0 Å². The molecule has 0 radical (unpaired) electrons. The van der Waals surface area contributed by atoms with E-state index in [0.29, 0.717) is 5.02 Å². The first-order valence-electron chi connectivity index (χ1n) is 3.89. The SMILES string of the molecule is CC(O)C(C)c1c(Cl)cnn1C. The van der Waals surface area contributed by atoms with Crippen molar-refractivity contribution in [3.63, 3.8) is 0 Å². The van der Waals surface area contributed by atoms with Crippen LogP contribution in [0, 0.1) is 0 Å². The Hall–Kier alpha value is -0.540. The molecule has 0 saturated heterocycles. The van der Waals surface area contributed by atoms with Gasteiger partial charge in [0.15, 0.2) is 0 Å². The minimum Gasteiger partial charge on any atom is -0.393 e. The summed E-state index contributed by atoms with van der Waals surface area (Å²) in [5.74, 6) is 0.0185. The van der Waals surface area contributed by atoms with Crippen LogP contribution in [-0.2, 0) is 7.05 Å². The van der Waals surface area contributed by atoms with Crippen molar-refractivity contribution >= 4 is 11.6 Å². The van der Waals surface area contributed by atoms with Gasteiger partial charge in [0.2, 0.25) is 0 Å². The molecule has 0 aliphatic carbocycles. The Morgan fingerprint density at radius 2 is 2.17 bits per heavy atom. The maximum atomic E-state index is 9.34. The molecule has 2 unspecified atom stereocenters. The van der Waals surface area contributed by atoms with Gasteiger partial charge >= 0.3 is 0 Å². The van der Waals surface area contributed by atoms with Crippen LogP contribution in [0.4, 0.5) is 0 Å². The second-order valence-electron chi connectivity index (χ2n) is 3.03. The predicted octanol–water partition coefficient (Wildman–Crippen LogP) is 1.56. The number of aliphatic hydroxyl groups excluding tert-OH is 1. The van der Waals surface area contributed by atoms with Crippen LogP contribution in [0.1, 0.15) is 25.5 Å². The lowest BCUT2D eigenvalue weighted by atomic mass is 10.0. The Morgan fingerprint density at radius 3 is 2.50 bits per heavy atom. The molecular weight excluding hydrogens is 176 g/mol.